The van der Waals surface area contributed by atoms with Crippen molar-refractivity contribution in [3.05, 3.63) is 33.8 Å². The van der Waals surface area contributed by atoms with Gasteiger partial charge >= 0.3 is 0 Å². The first kappa shape index (κ1) is 12.6. The quantitative estimate of drug-likeness (QED) is 0.860. The van der Waals surface area contributed by atoms with E-state index < -0.39 is 0 Å². The van der Waals surface area contributed by atoms with E-state index in [0.717, 1.165) is 15.6 Å². The Morgan fingerprint density at radius 2 is 2.27 bits per heavy atom. The predicted molar refractivity (Wildman–Crippen MR) is 63.7 cm³/mol. The van der Waals surface area contributed by atoms with Crippen LogP contribution in [0, 0.1) is 6.92 Å². The molecule has 3 nitrogen and oxygen atoms in total. The SMILES string of the molecule is Cc1cc(C(CN)OCCO)ccc1Br. The Morgan fingerprint density at radius 1 is 1.53 bits per heavy atom. The number of hydrogen-bond donors (Lipinski definition) is 2. The molecule has 1 aromatic rings. The third-order valence-electron chi connectivity index (χ3n) is 2.18. The topological polar surface area (TPSA) is 55.5 Å². The molecular weight excluding hydrogens is 258 g/mol. The lowest BCUT2D eigenvalue weighted by Gasteiger charge is -2.16. The highest BCUT2D eigenvalue weighted by atomic mass is 79.9. The minimum absolute atomic E-state index is 0.0199. The maximum Gasteiger partial charge on any atom is 0.0948 e. The molecule has 0 amide bonds. The molecule has 1 unspecified atom stereocenters. The predicted octanol–water partition coefficient (Wildman–Crippen LogP) is 1.77. The molecule has 0 bridgehead atoms. The summed E-state index contributed by atoms with van der Waals surface area (Å²) < 4.78 is 6.50. The molecule has 0 radical (unpaired) electrons. The number of nitrogens with two attached hydrogens (primary N) is 1. The lowest BCUT2D eigenvalue weighted by atomic mass is 10.1. The van der Waals surface area contributed by atoms with Crippen molar-refractivity contribution >= 4 is 15.9 Å². The van der Waals surface area contributed by atoms with Crippen molar-refractivity contribution in [1.82, 2.24) is 0 Å². The molecule has 1 aromatic carbocycles. The van der Waals surface area contributed by atoms with Gasteiger partial charge in [-0.2, -0.15) is 0 Å². The van der Waals surface area contributed by atoms with Crippen LogP contribution in [0.1, 0.15) is 17.2 Å². The third-order valence-corrected chi connectivity index (χ3v) is 3.07. The monoisotopic (exact) mass is 273 g/mol. The highest BCUT2D eigenvalue weighted by Gasteiger charge is 2.10. The number of hydrogen-bond acceptors (Lipinski definition) is 3. The summed E-state index contributed by atoms with van der Waals surface area (Å²) in [5, 5.41) is 8.68. The molecule has 0 heterocycles. The summed E-state index contributed by atoms with van der Waals surface area (Å²) in [6.07, 6.45) is -0.135. The molecule has 84 valence electrons. The zero-order chi connectivity index (χ0) is 11.3. The van der Waals surface area contributed by atoms with Gasteiger partial charge in [0.2, 0.25) is 0 Å². The van der Waals surface area contributed by atoms with Crippen LogP contribution in [-0.2, 0) is 4.74 Å². The van der Waals surface area contributed by atoms with Crippen LogP contribution < -0.4 is 5.73 Å². The molecular formula is C11H16BrNO2. The number of aliphatic hydroxyl groups excluding tert-OH is 1. The second kappa shape index (κ2) is 6.23. The minimum Gasteiger partial charge on any atom is -0.394 e. The van der Waals surface area contributed by atoms with Gasteiger partial charge in [-0.25, -0.2) is 0 Å². The van der Waals surface area contributed by atoms with E-state index >= 15 is 0 Å². The first-order chi connectivity index (χ1) is 7.19. The van der Waals surface area contributed by atoms with Crippen molar-refractivity contribution in [2.45, 2.75) is 13.0 Å². The fraction of sp³-hybridized carbons (Fsp3) is 0.455. The smallest absolute Gasteiger partial charge is 0.0948 e. The Balaban J connectivity index is 2.78. The van der Waals surface area contributed by atoms with Gasteiger partial charge in [0.15, 0.2) is 0 Å². The van der Waals surface area contributed by atoms with Gasteiger partial charge < -0.3 is 15.6 Å². The van der Waals surface area contributed by atoms with Crippen molar-refractivity contribution in [3.8, 4) is 0 Å². The Bertz CT molecular complexity index is 317. The first-order valence-electron chi connectivity index (χ1n) is 4.87. The van der Waals surface area contributed by atoms with E-state index in [1.54, 1.807) is 0 Å². The highest BCUT2D eigenvalue weighted by molar-refractivity contribution is 9.10. The average molecular weight is 274 g/mol. The summed E-state index contributed by atoms with van der Waals surface area (Å²) >= 11 is 3.44. The van der Waals surface area contributed by atoms with E-state index in [9.17, 15) is 0 Å². The van der Waals surface area contributed by atoms with E-state index in [-0.39, 0.29) is 12.7 Å². The van der Waals surface area contributed by atoms with E-state index in [4.69, 9.17) is 15.6 Å². The van der Waals surface area contributed by atoms with E-state index in [1.165, 1.54) is 0 Å². The maximum absolute atomic E-state index is 8.68. The molecule has 0 saturated carbocycles. The standard InChI is InChI=1S/C11H16BrNO2/c1-8-6-9(2-3-10(8)12)11(7-13)15-5-4-14/h2-3,6,11,14H,4-5,7,13H2,1H3. The zero-order valence-corrected chi connectivity index (χ0v) is 10.3. The van der Waals surface area contributed by atoms with Crippen molar-refractivity contribution < 1.29 is 9.84 Å². The van der Waals surface area contributed by atoms with Gasteiger partial charge in [-0.15, -0.1) is 0 Å². The molecule has 0 aromatic heterocycles. The molecule has 1 rings (SSSR count). The van der Waals surface area contributed by atoms with Gasteiger partial charge in [0.1, 0.15) is 0 Å². The number of aliphatic hydroxyl groups is 1. The minimum atomic E-state index is -0.135. The van der Waals surface area contributed by atoms with E-state index in [1.807, 2.05) is 25.1 Å². The lowest BCUT2D eigenvalue weighted by molar-refractivity contribution is 0.0328. The van der Waals surface area contributed by atoms with Crippen LogP contribution in [0.5, 0.6) is 0 Å². The molecule has 0 spiro atoms. The zero-order valence-electron chi connectivity index (χ0n) is 8.74. The van der Waals surface area contributed by atoms with Gasteiger partial charge in [-0.1, -0.05) is 28.1 Å². The van der Waals surface area contributed by atoms with Crippen LogP contribution in [0.2, 0.25) is 0 Å². The number of halogens is 1. The molecule has 0 saturated heterocycles. The largest absolute Gasteiger partial charge is 0.394 e. The summed E-state index contributed by atoms with van der Waals surface area (Å²) in [7, 11) is 0. The molecule has 4 heteroatoms. The molecule has 1 atom stereocenters. The van der Waals surface area contributed by atoms with Gasteiger partial charge in [-0.3, -0.25) is 0 Å². The van der Waals surface area contributed by atoms with Crippen molar-refractivity contribution in [3.63, 3.8) is 0 Å². The molecule has 15 heavy (non-hydrogen) atoms. The normalized spacial score (nSPS) is 12.8. The van der Waals surface area contributed by atoms with Crippen LogP contribution in [0.25, 0.3) is 0 Å². The van der Waals surface area contributed by atoms with Gasteiger partial charge in [0.25, 0.3) is 0 Å². The second-order valence-corrected chi connectivity index (χ2v) is 4.18. The Morgan fingerprint density at radius 3 is 2.80 bits per heavy atom. The maximum atomic E-state index is 8.68. The Labute approximate surface area is 98.4 Å². The molecule has 0 aliphatic carbocycles. The van der Waals surface area contributed by atoms with Crippen LogP contribution >= 0.6 is 15.9 Å². The summed E-state index contributed by atoms with van der Waals surface area (Å²) in [4.78, 5) is 0. The Kier molecular flexibility index (Phi) is 5.25. The van der Waals surface area contributed by atoms with Crippen molar-refractivity contribution in [1.29, 1.82) is 0 Å². The van der Waals surface area contributed by atoms with Crippen LogP contribution in [0.3, 0.4) is 0 Å². The highest BCUT2D eigenvalue weighted by Crippen LogP contribution is 2.22. The van der Waals surface area contributed by atoms with Crippen molar-refractivity contribution in [2.24, 2.45) is 5.73 Å². The van der Waals surface area contributed by atoms with E-state index in [0.29, 0.717) is 13.2 Å². The second-order valence-electron chi connectivity index (χ2n) is 3.33. The number of rotatable bonds is 5. The molecule has 3 N–H and O–H groups in total. The molecule has 0 fully saturated rings. The summed E-state index contributed by atoms with van der Waals surface area (Å²) in [5.74, 6) is 0. The van der Waals surface area contributed by atoms with Gasteiger partial charge in [0, 0.05) is 11.0 Å². The fourth-order valence-corrected chi connectivity index (χ4v) is 1.61. The van der Waals surface area contributed by atoms with E-state index in [2.05, 4.69) is 15.9 Å². The third kappa shape index (κ3) is 3.57. The summed E-state index contributed by atoms with van der Waals surface area (Å²) in [6, 6.07) is 6.00. The summed E-state index contributed by atoms with van der Waals surface area (Å²) in [6.45, 7) is 2.78. The van der Waals surface area contributed by atoms with Crippen LogP contribution in [0.15, 0.2) is 22.7 Å². The Hall–Kier alpha value is -0.420. The van der Waals surface area contributed by atoms with Crippen molar-refractivity contribution in [2.75, 3.05) is 19.8 Å². The molecule has 0 aliphatic heterocycles. The van der Waals surface area contributed by atoms with Gasteiger partial charge in [0.05, 0.1) is 19.3 Å². The van der Waals surface area contributed by atoms with Crippen LogP contribution in [0.4, 0.5) is 0 Å². The first-order valence-corrected chi connectivity index (χ1v) is 5.67. The number of benzene rings is 1. The number of aryl methyl sites for hydroxylation is 1. The fourth-order valence-electron chi connectivity index (χ4n) is 1.36. The van der Waals surface area contributed by atoms with Gasteiger partial charge in [-0.05, 0) is 24.1 Å². The average Bonchev–Trinajstić information content (AvgIpc) is 2.24. The lowest BCUT2D eigenvalue weighted by Crippen LogP contribution is -2.17. The van der Waals surface area contributed by atoms with Crippen LogP contribution in [-0.4, -0.2) is 24.9 Å². The molecule has 0 aliphatic rings. The number of ether oxygens (including phenoxy) is 1. The summed E-state index contributed by atoms with van der Waals surface area (Å²) in [5.41, 5.74) is 7.81.